The Hall–Kier alpha value is -1.78. The highest BCUT2D eigenvalue weighted by atomic mass is 19.4. The normalized spacial score (nSPS) is 12.0. The fourth-order valence-electron chi connectivity index (χ4n) is 1.66. The molecule has 0 atom stereocenters. The minimum atomic E-state index is -4.51. The van der Waals surface area contributed by atoms with Crippen molar-refractivity contribution < 1.29 is 13.2 Å². The summed E-state index contributed by atoms with van der Waals surface area (Å²) in [5.74, 6) is 0. The van der Waals surface area contributed by atoms with Crippen LogP contribution in [0, 0.1) is 6.92 Å². The van der Waals surface area contributed by atoms with Gasteiger partial charge in [-0.15, -0.1) is 0 Å². The molecule has 0 unspecified atom stereocenters. The standard InChI is InChI=1S/C11H8F3NO/c1-6-3-2-4-7-8(11(12,13)14)5-9(16)15-10(6)7/h2-5H,1H3,(H,15,16). The lowest BCUT2D eigenvalue weighted by Crippen LogP contribution is -2.14. The molecule has 5 heteroatoms. The number of fused-ring (bicyclic) bond motifs is 1. The predicted octanol–water partition coefficient (Wildman–Crippen LogP) is 2.86. The van der Waals surface area contributed by atoms with Crippen LogP contribution in [0.25, 0.3) is 10.9 Å². The van der Waals surface area contributed by atoms with Gasteiger partial charge in [-0.05, 0) is 12.5 Å². The number of aromatic nitrogens is 1. The predicted molar refractivity (Wildman–Crippen MR) is 54.3 cm³/mol. The van der Waals surface area contributed by atoms with Crippen LogP contribution in [0.2, 0.25) is 0 Å². The average molecular weight is 227 g/mol. The van der Waals surface area contributed by atoms with Gasteiger partial charge in [0.1, 0.15) is 0 Å². The molecule has 2 rings (SSSR count). The molecule has 1 aromatic heterocycles. The van der Waals surface area contributed by atoms with Gasteiger partial charge in [0.2, 0.25) is 5.56 Å². The van der Waals surface area contributed by atoms with Crippen LogP contribution in [-0.2, 0) is 6.18 Å². The van der Waals surface area contributed by atoms with Gasteiger partial charge in [0.25, 0.3) is 0 Å². The highest BCUT2D eigenvalue weighted by molar-refractivity contribution is 5.85. The number of aryl methyl sites for hydroxylation is 1. The van der Waals surface area contributed by atoms with Crippen molar-refractivity contribution in [2.75, 3.05) is 0 Å². The van der Waals surface area contributed by atoms with E-state index in [1.165, 1.54) is 12.1 Å². The number of halogens is 3. The van der Waals surface area contributed by atoms with E-state index < -0.39 is 17.3 Å². The van der Waals surface area contributed by atoms with Gasteiger partial charge in [0, 0.05) is 11.5 Å². The summed E-state index contributed by atoms with van der Waals surface area (Å²) in [5.41, 5.74) is -0.785. The summed E-state index contributed by atoms with van der Waals surface area (Å²) in [6, 6.07) is 5.12. The summed E-state index contributed by atoms with van der Waals surface area (Å²) in [5, 5.41) is 0.0205. The Labute approximate surface area is 88.7 Å². The molecule has 84 valence electrons. The number of nitrogens with one attached hydrogen (secondary N) is 1. The van der Waals surface area contributed by atoms with E-state index in [0.717, 1.165) is 0 Å². The first-order valence-electron chi connectivity index (χ1n) is 4.59. The van der Waals surface area contributed by atoms with Gasteiger partial charge in [-0.2, -0.15) is 13.2 Å². The van der Waals surface area contributed by atoms with E-state index in [1.54, 1.807) is 13.0 Å². The molecule has 2 aromatic rings. The maximum absolute atomic E-state index is 12.7. The van der Waals surface area contributed by atoms with Crippen LogP contribution in [0.3, 0.4) is 0 Å². The lowest BCUT2D eigenvalue weighted by atomic mass is 10.1. The number of pyridine rings is 1. The Bertz CT molecular complexity index is 598. The number of benzene rings is 1. The van der Waals surface area contributed by atoms with Gasteiger partial charge < -0.3 is 4.98 Å². The summed E-state index contributed by atoms with van der Waals surface area (Å²) in [6.07, 6.45) is -4.51. The molecule has 1 heterocycles. The molecule has 0 radical (unpaired) electrons. The molecule has 0 saturated heterocycles. The van der Waals surface area contributed by atoms with E-state index >= 15 is 0 Å². The number of H-pyrrole nitrogens is 1. The summed E-state index contributed by atoms with van der Waals surface area (Å²) < 4.78 is 38.0. The molecule has 0 bridgehead atoms. The van der Waals surface area contributed by atoms with Gasteiger partial charge in [-0.25, -0.2) is 0 Å². The molecule has 0 saturated carbocycles. The third kappa shape index (κ3) is 1.68. The third-order valence-corrected chi connectivity index (χ3v) is 2.39. The summed E-state index contributed by atoms with van der Waals surface area (Å²) in [6.45, 7) is 1.65. The summed E-state index contributed by atoms with van der Waals surface area (Å²) in [4.78, 5) is 13.6. The van der Waals surface area contributed by atoms with Gasteiger partial charge in [-0.3, -0.25) is 4.79 Å². The fraction of sp³-hybridized carbons (Fsp3) is 0.182. The van der Waals surface area contributed by atoms with Crippen LogP contribution in [0.5, 0.6) is 0 Å². The van der Waals surface area contributed by atoms with Crippen molar-refractivity contribution in [1.82, 2.24) is 4.98 Å². The third-order valence-electron chi connectivity index (χ3n) is 2.39. The first-order chi connectivity index (χ1) is 7.39. The SMILES string of the molecule is Cc1cccc2c(C(F)(F)F)cc(=O)[nH]c12. The molecule has 0 fully saturated rings. The molecule has 0 aliphatic carbocycles. The zero-order valence-corrected chi connectivity index (χ0v) is 8.35. The first-order valence-corrected chi connectivity index (χ1v) is 4.59. The van der Waals surface area contributed by atoms with E-state index in [-0.39, 0.29) is 10.9 Å². The van der Waals surface area contributed by atoms with Gasteiger partial charge in [-0.1, -0.05) is 18.2 Å². The van der Waals surface area contributed by atoms with Crippen molar-refractivity contribution in [1.29, 1.82) is 0 Å². The van der Waals surface area contributed by atoms with E-state index in [9.17, 15) is 18.0 Å². The molecular formula is C11H8F3NO. The van der Waals surface area contributed by atoms with Gasteiger partial charge in [0.15, 0.2) is 0 Å². The van der Waals surface area contributed by atoms with E-state index in [4.69, 9.17) is 0 Å². The molecule has 0 aliphatic rings. The number of hydrogen-bond acceptors (Lipinski definition) is 1. The Morgan fingerprint density at radius 2 is 1.94 bits per heavy atom. The smallest absolute Gasteiger partial charge is 0.322 e. The van der Waals surface area contributed by atoms with Crippen molar-refractivity contribution in [2.24, 2.45) is 0 Å². The lowest BCUT2D eigenvalue weighted by Gasteiger charge is -2.10. The molecular weight excluding hydrogens is 219 g/mol. The van der Waals surface area contributed by atoms with Gasteiger partial charge in [0.05, 0.1) is 11.1 Å². The van der Waals surface area contributed by atoms with E-state index in [0.29, 0.717) is 11.6 Å². The molecule has 1 N–H and O–H groups in total. The lowest BCUT2D eigenvalue weighted by molar-refractivity contribution is -0.136. The van der Waals surface area contributed by atoms with Crippen LogP contribution in [0.4, 0.5) is 13.2 Å². The molecule has 2 nitrogen and oxygen atoms in total. The second-order valence-corrected chi connectivity index (χ2v) is 3.54. The molecule has 0 amide bonds. The van der Waals surface area contributed by atoms with Crippen molar-refractivity contribution in [3.05, 3.63) is 45.7 Å². The number of alkyl halides is 3. The van der Waals surface area contributed by atoms with Crippen molar-refractivity contribution in [3.8, 4) is 0 Å². The number of rotatable bonds is 0. The largest absolute Gasteiger partial charge is 0.417 e. The fourth-order valence-corrected chi connectivity index (χ4v) is 1.66. The minimum Gasteiger partial charge on any atom is -0.322 e. The zero-order chi connectivity index (χ0) is 11.9. The van der Waals surface area contributed by atoms with Crippen LogP contribution in [0.15, 0.2) is 29.1 Å². The summed E-state index contributed by atoms with van der Waals surface area (Å²) >= 11 is 0. The molecule has 1 aromatic carbocycles. The van der Waals surface area contributed by atoms with Crippen LogP contribution < -0.4 is 5.56 Å². The Balaban J connectivity index is 2.95. The highest BCUT2D eigenvalue weighted by Crippen LogP contribution is 2.33. The van der Waals surface area contributed by atoms with Crippen LogP contribution >= 0.6 is 0 Å². The van der Waals surface area contributed by atoms with E-state index in [1.807, 2.05) is 0 Å². The maximum Gasteiger partial charge on any atom is 0.417 e. The Kier molecular flexibility index (Phi) is 2.26. The topological polar surface area (TPSA) is 32.9 Å². The Morgan fingerprint density at radius 3 is 2.56 bits per heavy atom. The number of para-hydroxylation sites is 1. The summed E-state index contributed by atoms with van der Waals surface area (Å²) in [7, 11) is 0. The molecule has 0 spiro atoms. The Morgan fingerprint density at radius 1 is 1.25 bits per heavy atom. The van der Waals surface area contributed by atoms with E-state index in [2.05, 4.69) is 4.98 Å². The second kappa shape index (κ2) is 3.37. The number of hydrogen-bond donors (Lipinski definition) is 1. The monoisotopic (exact) mass is 227 g/mol. The minimum absolute atomic E-state index is 0.0205. The number of aromatic amines is 1. The molecule has 0 aliphatic heterocycles. The first kappa shape index (κ1) is 10.7. The quantitative estimate of drug-likeness (QED) is 0.737. The second-order valence-electron chi connectivity index (χ2n) is 3.54. The average Bonchev–Trinajstić information content (AvgIpc) is 2.17. The van der Waals surface area contributed by atoms with Crippen molar-refractivity contribution >= 4 is 10.9 Å². The highest BCUT2D eigenvalue weighted by Gasteiger charge is 2.33. The zero-order valence-electron chi connectivity index (χ0n) is 8.35. The van der Waals surface area contributed by atoms with Crippen molar-refractivity contribution in [3.63, 3.8) is 0 Å². The van der Waals surface area contributed by atoms with Crippen LogP contribution in [-0.4, -0.2) is 4.98 Å². The van der Waals surface area contributed by atoms with Gasteiger partial charge >= 0.3 is 6.18 Å². The van der Waals surface area contributed by atoms with Crippen LogP contribution in [0.1, 0.15) is 11.1 Å². The van der Waals surface area contributed by atoms with Crippen molar-refractivity contribution in [2.45, 2.75) is 13.1 Å². The molecule has 16 heavy (non-hydrogen) atoms. The maximum atomic E-state index is 12.7.